The first-order chi connectivity index (χ1) is 47.0. The van der Waals surface area contributed by atoms with Gasteiger partial charge in [-0.15, -0.1) is 10.2 Å². The topological polar surface area (TPSA) is 241 Å². The molecule has 468 valence electrons. The zero-order chi connectivity index (χ0) is 64.1. The minimum Gasteiger partial charge on any atom is -0.489 e. The van der Waals surface area contributed by atoms with Crippen LogP contribution in [-0.2, 0) is 46.2 Å². The highest BCUT2D eigenvalue weighted by atomic mass is 16.5. The molecule has 9 aromatic carbocycles. The summed E-state index contributed by atoms with van der Waals surface area (Å²) < 4.78 is 41.2. The quantitative estimate of drug-likeness (QED) is 0.0539. The summed E-state index contributed by atoms with van der Waals surface area (Å²) >= 11 is 0. The van der Waals surface area contributed by atoms with Crippen LogP contribution >= 0.6 is 0 Å². The van der Waals surface area contributed by atoms with Crippen molar-refractivity contribution in [2.75, 3.05) is 0 Å². The van der Waals surface area contributed by atoms with Crippen molar-refractivity contribution in [3.05, 3.63) is 307 Å². The molecule has 0 amide bonds. The van der Waals surface area contributed by atoms with Gasteiger partial charge in [0.05, 0.1) is 33.6 Å². The molecule has 95 heavy (non-hydrogen) atoms. The van der Waals surface area contributed by atoms with Crippen LogP contribution in [0.15, 0.2) is 267 Å². The number of rotatable bonds is 23. The maximum Gasteiger partial charge on any atom is 0.204 e. The van der Waals surface area contributed by atoms with E-state index in [0.717, 1.165) is 124 Å². The van der Waals surface area contributed by atoms with Gasteiger partial charge < -0.3 is 33.2 Å². The number of fused-ring (bicyclic) bond motifs is 3. The van der Waals surface area contributed by atoms with Crippen LogP contribution in [0.5, 0.6) is 40.2 Å². The molecule has 0 fully saturated rings. The number of nitrogens with zero attached hydrogens (tertiary/aromatic N) is 10. The normalized spacial score (nSPS) is 10.8. The molecule has 6 aromatic heterocycles. The fourth-order valence-corrected chi connectivity index (χ4v) is 9.75. The van der Waals surface area contributed by atoms with Gasteiger partial charge in [0, 0.05) is 39.4 Å². The summed E-state index contributed by atoms with van der Waals surface area (Å²) in [5.41, 5.74) is 10.6. The van der Waals surface area contributed by atoms with Crippen LogP contribution < -0.4 is 33.2 Å². The predicted octanol–water partition coefficient (Wildman–Crippen LogP) is 14.8. The molecule has 20 heteroatoms. The summed E-state index contributed by atoms with van der Waals surface area (Å²) in [7, 11) is 0. The lowest BCUT2D eigenvalue weighted by atomic mass is 10.1. The van der Waals surface area contributed by atoms with E-state index in [1.807, 2.05) is 231 Å². The van der Waals surface area contributed by atoms with Crippen molar-refractivity contribution in [3.8, 4) is 63.0 Å². The number of hydrogen-bond acceptors (Lipinski definition) is 17. The molecule has 0 bridgehead atoms. The van der Waals surface area contributed by atoms with E-state index in [9.17, 15) is 0 Å². The fraction of sp³-hybridized carbons (Fsp3) is 0.0933. The van der Waals surface area contributed by atoms with Gasteiger partial charge in [-0.2, -0.15) is 15.4 Å². The summed E-state index contributed by atoms with van der Waals surface area (Å²) in [5.74, 6) is 7.29. The van der Waals surface area contributed by atoms with E-state index in [0.29, 0.717) is 57.9 Å². The third-order valence-corrected chi connectivity index (χ3v) is 14.7. The Morgan fingerprint density at radius 3 is 1.13 bits per heavy atom. The smallest absolute Gasteiger partial charge is 0.204 e. The Labute approximate surface area is 545 Å². The van der Waals surface area contributed by atoms with Crippen LogP contribution in [0.25, 0.3) is 55.5 Å². The van der Waals surface area contributed by atoms with E-state index >= 15 is 0 Å². The number of benzene rings is 9. The lowest BCUT2D eigenvalue weighted by Gasteiger charge is -2.10. The summed E-state index contributed by atoms with van der Waals surface area (Å²) in [4.78, 5) is 22.1. The van der Waals surface area contributed by atoms with Crippen LogP contribution in [0.2, 0.25) is 0 Å². The van der Waals surface area contributed by atoms with Crippen LogP contribution in [0, 0.1) is 0 Å². The van der Waals surface area contributed by atoms with Crippen molar-refractivity contribution >= 4 is 32.7 Å². The zero-order valence-corrected chi connectivity index (χ0v) is 51.2. The number of pyridine rings is 3. The largest absolute Gasteiger partial charge is 0.489 e. The van der Waals surface area contributed by atoms with Gasteiger partial charge in [-0.25, -0.2) is 24.9 Å². The third-order valence-electron chi connectivity index (χ3n) is 14.7. The number of aromatic amines is 3. The molecule has 15 aromatic rings. The second-order valence-corrected chi connectivity index (χ2v) is 21.5. The van der Waals surface area contributed by atoms with E-state index in [4.69, 9.17) is 33.2 Å². The Morgan fingerprint density at radius 1 is 0.305 bits per heavy atom. The summed E-state index contributed by atoms with van der Waals surface area (Å²) in [5, 5.41) is 30.6. The Kier molecular flexibility index (Phi) is 19.8. The lowest BCUT2D eigenvalue weighted by molar-refractivity contribution is 0.286. The molecule has 0 aliphatic rings. The molecule has 0 atom stereocenters. The van der Waals surface area contributed by atoms with Gasteiger partial charge >= 0.3 is 0 Å². The van der Waals surface area contributed by atoms with E-state index < -0.39 is 0 Å². The fourth-order valence-electron chi connectivity index (χ4n) is 9.75. The number of aromatic nitrogens is 13. The molecule has 0 saturated carbocycles. The molecule has 0 saturated heterocycles. The van der Waals surface area contributed by atoms with E-state index in [-0.39, 0.29) is 0 Å². The molecule has 0 aliphatic carbocycles. The van der Waals surface area contributed by atoms with Gasteiger partial charge in [0.25, 0.3) is 0 Å². The number of tetrazole rings is 1. The number of nitrogens with one attached hydrogen (secondary N) is 3. The van der Waals surface area contributed by atoms with E-state index in [1.54, 1.807) is 0 Å². The Hall–Kier alpha value is -12.8. The van der Waals surface area contributed by atoms with Crippen molar-refractivity contribution in [3.63, 3.8) is 0 Å². The standard InChI is InChI=1S/C26H22N4O3.C25H20N4O2.C24H19N5O2/c1-2-7-25-20(4-1)10-11-21(29-25)16-32-24-6-3-5-23(14-24)31-15-19-8-12-22(13-9-19)33-17-26-27-18-28-30-26;1-2-4-24-19(3-1)7-10-21(28-24)16-31-22-11-5-18(6-12-22)15-30-23-13-8-20(9-14-23)25-26-17-27-29-25;1-2-7-23-18(4-1)12-13-20(25-23)16-31-22-6-3-5-21(14-22)30-15-17-8-10-19(11-9-17)24-26-28-29-27-24/h1-14,18H,15-17H2,(H,27,28,30);1-14,17H,15-16H2,(H,26,27,29);1-14H,15-16H2,(H,26,27,28,29). The number of ether oxygens (including phenoxy) is 7. The molecule has 0 spiro atoms. The van der Waals surface area contributed by atoms with Gasteiger partial charge in [-0.3, -0.25) is 10.2 Å². The van der Waals surface area contributed by atoms with Gasteiger partial charge in [-0.1, -0.05) is 133 Å². The van der Waals surface area contributed by atoms with Crippen molar-refractivity contribution in [1.29, 1.82) is 0 Å². The average molecular weight is 1260 g/mol. The van der Waals surface area contributed by atoms with Crippen LogP contribution in [0.3, 0.4) is 0 Å². The lowest BCUT2D eigenvalue weighted by Crippen LogP contribution is -2.00. The highest BCUT2D eigenvalue weighted by Gasteiger charge is 2.09. The second-order valence-electron chi connectivity index (χ2n) is 21.5. The summed E-state index contributed by atoms with van der Waals surface area (Å²) in [6.07, 6.45) is 2.95. The first-order valence-electron chi connectivity index (χ1n) is 30.4. The van der Waals surface area contributed by atoms with Crippen molar-refractivity contribution < 1.29 is 33.2 Å². The monoisotopic (exact) mass is 1260 g/mol. The molecular formula is C75H61N13O7. The Balaban J connectivity index is 0.000000129. The highest BCUT2D eigenvalue weighted by molar-refractivity contribution is 5.80. The first kappa shape index (κ1) is 61.0. The van der Waals surface area contributed by atoms with Gasteiger partial charge in [-0.05, 0) is 131 Å². The molecular weight excluding hydrogens is 1190 g/mol. The maximum absolute atomic E-state index is 5.94. The number of para-hydroxylation sites is 3. The van der Waals surface area contributed by atoms with E-state index in [2.05, 4.69) is 90.2 Å². The van der Waals surface area contributed by atoms with Crippen molar-refractivity contribution in [2.45, 2.75) is 46.2 Å². The minimum absolute atomic E-state index is 0.345. The predicted molar refractivity (Wildman–Crippen MR) is 359 cm³/mol. The highest BCUT2D eigenvalue weighted by Crippen LogP contribution is 2.27. The number of H-pyrrole nitrogens is 3. The minimum atomic E-state index is 0.345. The third kappa shape index (κ3) is 17.4. The van der Waals surface area contributed by atoms with Crippen LogP contribution in [0.4, 0.5) is 0 Å². The van der Waals surface area contributed by atoms with Crippen LogP contribution in [0.1, 0.15) is 39.6 Å². The average Bonchev–Trinajstić information content (AvgIpc) is 4.30. The molecule has 15 rings (SSSR count). The first-order valence-corrected chi connectivity index (χ1v) is 30.4. The summed E-state index contributed by atoms with van der Waals surface area (Å²) in [6.45, 7) is 2.93. The summed E-state index contributed by atoms with van der Waals surface area (Å²) in [6, 6.07) is 82.8. The maximum atomic E-state index is 5.94. The number of hydrogen-bond donors (Lipinski definition) is 3. The van der Waals surface area contributed by atoms with Gasteiger partial charge in [0.2, 0.25) is 5.82 Å². The van der Waals surface area contributed by atoms with Crippen LogP contribution in [-0.4, -0.2) is 65.9 Å². The molecule has 6 heterocycles. The van der Waals surface area contributed by atoms with E-state index in [1.165, 1.54) is 12.7 Å². The Bertz CT molecular complexity index is 4850. The Morgan fingerprint density at radius 2 is 0.695 bits per heavy atom. The molecule has 3 N–H and O–H groups in total. The molecule has 0 radical (unpaired) electrons. The van der Waals surface area contributed by atoms with Gasteiger partial charge in [0.15, 0.2) is 11.6 Å². The van der Waals surface area contributed by atoms with Crippen molar-refractivity contribution in [2.24, 2.45) is 0 Å². The van der Waals surface area contributed by atoms with Crippen molar-refractivity contribution in [1.82, 2.24) is 65.9 Å². The SMILES string of the molecule is c1cc(OCc2ccc(-c3nn[nH]n3)cc2)cc(OCc2ccc3ccccc3n2)c1.c1cc(OCc2ccc(OCc3ncn[nH]3)cc2)cc(OCc2ccc3ccccc3n2)c1.c1ccc2nc(COc3ccc(COc4ccc(-c5ncn[nH]5)cc4)cc3)ccc2c1. The molecule has 0 unspecified atom stereocenters. The molecule has 0 aliphatic heterocycles. The second kappa shape index (κ2) is 30.8. The zero-order valence-electron chi connectivity index (χ0n) is 51.2. The molecule has 20 nitrogen and oxygen atoms in total. The van der Waals surface area contributed by atoms with Gasteiger partial charge in [0.1, 0.15) is 99.1 Å².